The van der Waals surface area contributed by atoms with Crippen LogP contribution in [0.1, 0.15) is 29.5 Å². The van der Waals surface area contributed by atoms with Crippen LogP contribution in [0.2, 0.25) is 10.2 Å². The third kappa shape index (κ3) is 6.14. The largest absolute Gasteiger partial charge is 0.325 e. The summed E-state index contributed by atoms with van der Waals surface area (Å²) in [6.45, 7) is 2.85. The monoisotopic (exact) mass is 584 g/mol. The highest BCUT2D eigenvalue weighted by Gasteiger charge is 2.46. The second-order valence-electron chi connectivity index (χ2n) is 10.2. The number of carbonyl (C=O) groups excluding carboxylic acids is 1. The van der Waals surface area contributed by atoms with Crippen LogP contribution in [-0.2, 0) is 21.8 Å². The Morgan fingerprint density at radius 3 is 2.54 bits per heavy atom. The van der Waals surface area contributed by atoms with Crippen LogP contribution < -0.4 is 10.2 Å². The Kier molecular flexibility index (Phi) is 8.01. The Balaban J connectivity index is 1.50. The first-order valence-electron chi connectivity index (χ1n) is 12.8. The fourth-order valence-electron chi connectivity index (χ4n) is 5.42. The molecule has 204 valence electrons. The summed E-state index contributed by atoms with van der Waals surface area (Å²) in [4.78, 5) is 22.0. The number of anilines is 1. The van der Waals surface area contributed by atoms with Crippen molar-refractivity contribution in [3.63, 3.8) is 0 Å². The SMILES string of the molecule is CS(=O)(=O)c1ccc2c(c1)N(C(=O)N(CC=Cc1ccc(Cl)cc1)Cc1ccnc(Cl)c1)CC21CCNCC1. The Hall–Kier alpha value is -2.91. The van der Waals surface area contributed by atoms with Crippen molar-refractivity contribution in [1.29, 1.82) is 0 Å². The molecule has 0 atom stereocenters. The van der Waals surface area contributed by atoms with Gasteiger partial charge in [-0.15, -0.1) is 0 Å². The number of piperidine rings is 1. The quantitative estimate of drug-likeness (QED) is 0.383. The molecule has 1 aromatic heterocycles. The van der Waals surface area contributed by atoms with E-state index in [-0.39, 0.29) is 16.3 Å². The average Bonchev–Trinajstić information content (AvgIpc) is 3.21. The third-order valence-electron chi connectivity index (χ3n) is 7.45. The summed E-state index contributed by atoms with van der Waals surface area (Å²) in [5.74, 6) is 0. The molecule has 0 aliphatic carbocycles. The highest BCUT2D eigenvalue weighted by Crippen LogP contribution is 2.47. The van der Waals surface area contributed by atoms with Gasteiger partial charge in [-0.1, -0.05) is 53.6 Å². The van der Waals surface area contributed by atoms with Gasteiger partial charge in [0, 0.05) is 42.5 Å². The highest BCUT2D eigenvalue weighted by atomic mass is 35.5. The Morgan fingerprint density at radius 1 is 1.10 bits per heavy atom. The molecule has 2 aliphatic heterocycles. The number of sulfone groups is 1. The number of fused-ring (bicyclic) bond motifs is 2. The summed E-state index contributed by atoms with van der Waals surface area (Å²) < 4.78 is 24.8. The number of nitrogens with one attached hydrogen (secondary N) is 1. The van der Waals surface area contributed by atoms with E-state index in [4.69, 9.17) is 23.2 Å². The Labute approximate surface area is 239 Å². The van der Waals surface area contributed by atoms with Crippen molar-refractivity contribution in [3.8, 4) is 0 Å². The lowest BCUT2D eigenvalue weighted by Gasteiger charge is -2.35. The van der Waals surface area contributed by atoms with Crippen LogP contribution in [0.4, 0.5) is 10.5 Å². The number of hydrogen-bond donors (Lipinski definition) is 1. The minimum absolute atomic E-state index is 0.189. The molecule has 1 saturated heterocycles. The van der Waals surface area contributed by atoms with Gasteiger partial charge in [0.1, 0.15) is 5.15 Å². The molecule has 3 heterocycles. The summed E-state index contributed by atoms with van der Waals surface area (Å²) in [6, 6.07) is 16.1. The standard InChI is InChI=1S/C29H30Cl2N4O3S/c1-39(37,38)24-8-9-25-26(18-24)35(20-29(25)11-14-32-15-12-29)28(36)34(19-22-10-13-33-27(31)17-22)16-2-3-21-4-6-23(30)7-5-21/h2-10,13,17-18,32H,11-12,14-16,19-20H2,1H3. The van der Waals surface area contributed by atoms with Gasteiger partial charge in [-0.05, 0) is 79.0 Å². The van der Waals surface area contributed by atoms with Gasteiger partial charge >= 0.3 is 6.03 Å². The second-order valence-corrected chi connectivity index (χ2v) is 13.0. The van der Waals surface area contributed by atoms with Gasteiger partial charge in [-0.3, -0.25) is 4.90 Å². The molecule has 0 radical (unpaired) electrons. The fourth-order valence-corrected chi connectivity index (χ4v) is 6.39. The van der Waals surface area contributed by atoms with E-state index >= 15 is 0 Å². The lowest BCUT2D eigenvalue weighted by molar-refractivity contribution is 0.205. The molecule has 1 spiro atoms. The number of pyridine rings is 1. The predicted molar refractivity (Wildman–Crippen MR) is 156 cm³/mol. The number of carbonyl (C=O) groups is 1. The highest BCUT2D eigenvalue weighted by molar-refractivity contribution is 7.90. The van der Waals surface area contributed by atoms with Crippen LogP contribution in [0.5, 0.6) is 0 Å². The van der Waals surface area contributed by atoms with E-state index in [1.165, 1.54) is 6.26 Å². The smallest absolute Gasteiger partial charge is 0.317 e. The van der Waals surface area contributed by atoms with Gasteiger partial charge in [-0.25, -0.2) is 18.2 Å². The van der Waals surface area contributed by atoms with Crippen LogP contribution >= 0.6 is 23.2 Å². The van der Waals surface area contributed by atoms with Crippen LogP contribution in [-0.4, -0.2) is 56.8 Å². The van der Waals surface area contributed by atoms with Crippen LogP contribution in [0.3, 0.4) is 0 Å². The van der Waals surface area contributed by atoms with E-state index < -0.39 is 9.84 Å². The van der Waals surface area contributed by atoms with Crippen molar-refractivity contribution in [2.75, 3.05) is 37.3 Å². The molecule has 2 aliphatic rings. The maximum absolute atomic E-state index is 14.3. The number of aromatic nitrogens is 1. The van der Waals surface area contributed by atoms with Gasteiger partial charge in [0.2, 0.25) is 0 Å². The van der Waals surface area contributed by atoms with Gasteiger partial charge in [-0.2, -0.15) is 0 Å². The number of rotatable bonds is 6. The number of nitrogens with zero attached hydrogens (tertiary/aromatic N) is 3. The molecule has 2 amide bonds. The summed E-state index contributed by atoms with van der Waals surface area (Å²) in [5, 5.41) is 4.42. The third-order valence-corrected chi connectivity index (χ3v) is 9.02. The summed E-state index contributed by atoms with van der Waals surface area (Å²) >= 11 is 12.2. The lowest BCUT2D eigenvalue weighted by atomic mass is 9.75. The van der Waals surface area contributed by atoms with E-state index in [0.717, 1.165) is 42.6 Å². The first-order chi connectivity index (χ1) is 18.6. The van der Waals surface area contributed by atoms with Crippen molar-refractivity contribution in [1.82, 2.24) is 15.2 Å². The topological polar surface area (TPSA) is 82.6 Å². The number of amides is 2. The first kappa shape index (κ1) is 27.6. The van der Waals surface area contributed by atoms with Gasteiger partial charge in [0.15, 0.2) is 9.84 Å². The molecule has 7 nitrogen and oxygen atoms in total. The summed E-state index contributed by atoms with van der Waals surface area (Å²) in [5.41, 5.74) is 3.32. The van der Waals surface area contributed by atoms with Crippen molar-refractivity contribution in [2.24, 2.45) is 0 Å². The van der Waals surface area contributed by atoms with Crippen molar-refractivity contribution < 1.29 is 13.2 Å². The normalized spacial score (nSPS) is 16.5. The van der Waals surface area contributed by atoms with E-state index in [2.05, 4.69) is 10.3 Å². The van der Waals surface area contributed by atoms with Crippen molar-refractivity contribution in [3.05, 3.63) is 93.7 Å². The number of hydrogen-bond acceptors (Lipinski definition) is 5. The van der Waals surface area contributed by atoms with Gasteiger partial charge in [0.25, 0.3) is 0 Å². The van der Waals surface area contributed by atoms with E-state index in [1.54, 1.807) is 34.2 Å². The summed E-state index contributed by atoms with van der Waals surface area (Å²) in [7, 11) is -3.44. The molecular weight excluding hydrogens is 555 g/mol. The average molecular weight is 586 g/mol. The van der Waals surface area contributed by atoms with Gasteiger partial charge in [0.05, 0.1) is 10.6 Å². The zero-order chi connectivity index (χ0) is 27.6. The molecule has 1 fully saturated rings. The number of urea groups is 1. The molecule has 2 aromatic carbocycles. The Bertz CT molecular complexity index is 1500. The van der Waals surface area contributed by atoms with Crippen LogP contribution in [0.15, 0.2) is 71.8 Å². The molecule has 1 N–H and O–H groups in total. The van der Waals surface area contributed by atoms with Gasteiger partial charge < -0.3 is 10.2 Å². The zero-order valence-corrected chi connectivity index (χ0v) is 23.9. The number of benzene rings is 2. The maximum atomic E-state index is 14.3. The minimum atomic E-state index is -3.44. The Morgan fingerprint density at radius 2 is 1.85 bits per heavy atom. The minimum Gasteiger partial charge on any atom is -0.317 e. The molecule has 0 unspecified atom stereocenters. The lowest BCUT2D eigenvalue weighted by Crippen LogP contribution is -2.47. The fraction of sp³-hybridized carbons (Fsp3) is 0.310. The maximum Gasteiger partial charge on any atom is 0.325 e. The van der Waals surface area contributed by atoms with Crippen molar-refractivity contribution in [2.45, 2.75) is 29.7 Å². The summed E-state index contributed by atoms with van der Waals surface area (Å²) in [6.07, 6.45) is 8.45. The molecule has 3 aromatic rings. The molecule has 0 saturated carbocycles. The van der Waals surface area contributed by atoms with E-state index in [0.29, 0.717) is 35.5 Å². The molecular formula is C29H30Cl2N4O3S. The molecule has 5 rings (SSSR count). The van der Waals surface area contributed by atoms with Crippen molar-refractivity contribution >= 4 is 50.8 Å². The number of halogens is 2. The zero-order valence-electron chi connectivity index (χ0n) is 21.6. The first-order valence-corrected chi connectivity index (χ1v) is 15.4. The molecule has 0 bridgehead atoms. The van der Waals surface area contributed by atoms with Crippen LogP contribution in [0, 0.1) is 0 Å². The van der Waals surface area contributed by atoms with Crippen LogP contribution in [0.25, 0.3) is 6.08 Å². The predicted octanol–water partition coefficient (Wildman–Crippen LogP) is 5.57. The van der Waals surface area contributed by atoms with E-state index in [9.17, 15) is 13.2 Å². The van der Waals surface area contributed by atoms with E-state index in [1.807, 2.05) is 48.6 Å². The second kappa shape index (κ2) is 11.3. The molecule has 10 heteroatoms. The molecule has 39 heavy (non-hydrogen) atoms.